The van der Waals surface area contributed by atoms with E-state index < -0.39 is 0 Å². The predicted octanol–water partition coefficient (Wildman–Crippen LogP) is 10.1. The molecule has 6 aromatic rings. The van der Waals surface area contributed by atoms with Crippen LogP contribution in [-0.4, -0.2) is 26.5 Å². The number of benzene rings is 3. The molecule has 0 N–H and O–H groups in total. The minimum atomic E-state index is -0.0219. The van der Waals surface area contributed by atoms with Crippen LogP contribution >= 0.6 is 11.8 Å². The zero-order valence-corrected chi connectivity index (χ0v) is 28.9. The first-order valence-corrected chi connectivity index (χ1v) is 17.3. The summed E-state index contributed by atoms with van der Waals surface area (Å²) in [6.45, 7) is 15.7. The Balaban J connectivity index is 1.21. The smallest absolute Gasteiger partial charge is 0.217 e. The van der Waals surface area contributed by atoms with Crippen LogP contribution in [0.1, 0.15) is 81.1 Å². The predicted molar refractivity (Wildman–Crippen MR) is 193 cm³/mol. The van der Waals surface area contributed by atoms with Crippen molar-refractivity contribution in [3.05, 3.63) is 125 Å². The average molecular weight is 637 g/mol. The van der Waals surface area contributed by atoms with E-state index in [2.05, 4.69) is 131 Å². The molecule has 2 atom stereocenters. The molecule has 1 aliphatic carbocycles. The second-order valence-corrected chi connectivity index (χ2v) is 16.2. The number of pyridine rings is 2. The van der Waals surface area contributed by atoms with Crippen molar-refractivity contribution in [2.75, 3.05) is 0 Å². The van der Waals surface area contributed by atoms with E-state index in [0.29, 0.717) is 0 Å². The molecule has 4 heterocycles. The minimum Gasteiger partial charge on any atom is -0.471 e. The van der Waals surface area contributed by atoms with E-state index in [1.807, 2.05) is 18.5 Å². The van der Waals surface area contributed by atoms with Gasteiger partial charge in [-0.1, -0.05) is 71.5 Å². The van der Waals surface area contributed by atoms with Gasteiger partial charge in [0.25, 0.3) is 0 Å². The van der Waals surface area contributed by atoms with Gasteiger partial charge in [0, 0.05) is 44.9 Å². The lowest BCUT2D eigenvalue weighted by Crippen LogP contribution is -2.13. The van der Waals surface area contributed by atoms with Crippen LogP contribution in [0.2, 0.25) is 0 Å². The highest BCUT2D eigenvalue weighted by molar-refractivity contribution is 7.99. The molecule has 0 unspecified atom stereocenters. The van der Waals surface area contributed by atoms with Gasteiger partial charge in [-0.25, -0.2) is 9.98 Å². The molecule has 0 saturated heterocycles. The maximum atomic E-state index is 6.43. The van der Waals surface area contributed by atoms with E-state index in [1.54, 1.807) is 11.8 Å². The highest BCUT2D eigenvalue weighted by atomic mass is 32.2. The second-order valence-electron chi connectivity index (χ2n) is 15.1. The number of aryl methyl sites for hydroxylation is 1. The van der Waals surface area contributed by atoms with Gasteiger partial charge in [0.05, 0.1) is 16.7 Å². The number of hydrogen-bond acceptors (Lipinski definition) is 5. The van der Waals surface area contributed by atoms with Crippen molar-refractivity contribution in [3.63, 3.8) is 0 Å². The molecular formula is C41H40N4OS. The molecule has 0 amide bonds. The van der Waals surface area contributed by atoms with E-state index in [4.69, 9.17) is 14.7 Å². The standard InChI is InChI=1S/C41H40N4OS/c1-24-17-26(39-44-38-35(46-39)20-25-9-8-15-43-37(25)38)19-30(18-24)47-29-11-12-31-32-21-27(40(2,3)4)10-13-33(32)45(34(31)23-29)36-22-28(14-16-42-36)41(5,6)7/h8-19,21-23,35,38H,20H2,1-7H3/t35-,38-/m0/s1. The number of nitrogens with zero attached hydrogens (tertiary/aromatic N) is 4. The lowest BCUT2D eigenvalue weighted by molar-refractivity contribution is 0.205. The fourth-order valence-corrected chi connectivity index (χ4v) is 7.95. The summed E-state index contributed by atoms with van der Waals surface area (Å²) in [6.07, 6.45) is 4.68. The van der Waals surface area contributed by atoms with Gasteiger partial charge < -0.3 is 4.74 Å². The third-order valence-electron chi connectivity index (χ3n) is 9.48. The Labute approximate surface area is 281 Å². The molecule has 47 heavy (non-hydrogen) atoms. The topological polar surface area (TPSA) is 52.3 Å². The molecule has 3 aromatic heterocycles. The molecule has 0 fully saturated rings. The Kier molecular flexibility index (Phi) is 6.89. The highest BCUT2D eigenvalue weighted by Crippen LogP contribution is 2.41. The monoisotopic (exact) mass is 636 g/mol. The lowest BCUT2D eigenvalue weighted by atomic mass is 9.86. The van der Waals surface area contributed by atoms with Crippen molar-refractivity contribution in [3.8, 4) is 5.82 Å². The molecule has 1 aliphatic heterocycles. The zero-order chi connectivity index (χ0) is 32.7. The van der Waals surface area contributed by atoms with E-state index in [-0.39, 0.29) is 23.0 Å². The van der Waals surface area contributed by atoms with E-state index in [0.717, 1.165) is 39.8 Å². The summed E-state index contributed by atoms with van der Waals surface area (Å²) in [5.74, 6) is 1.66. The minimum absolute atomic E-state index is 0.0195. The molecule has 6 heteroatoms. The Morgan fingerprint density at radius 1 is 0.745 bits per heavy atom. The van der Waals surface area contributed by atoms with Crippen LogP contribution in [-0.2, 0) is 22.0 Å². The van der Waals surface area contributed by atoms with Crippen LogP contribution in [0.4, 0.5) is 0 Å². The van der Waals surface area contributed by atoms with Crippen molar-refractivity contribution in [2.45, 2.75) is 87.7 Å². The van der Waals surface area contributed by atoms with Gasteiger partial charge >= 0.3 is 0 Å². The van der Waals surface area contributed by atoms with Crippen LogP contribution in [0.25, 0.3) is 27.6 Å². The first kappa shape index (κ1) is 29.9. The molecule has 236 valence electrons. The van der Waals surface area contributed by atoms with Crippen molar-refractivity contribution in [1.29, 1.82) is 0 Å². The van der Waals surface area contributed by atoms with Gasteiger partial charge in [0.2, 0.25) is 5.90 Å². The Morgan fingerprint density at radius 2 is 1.55 bits per heavy atom. The summed E-state index contributed by atoms with van der Waals surface area (Å²) in [6, 6.07) is 28.9. The Morgan fingerprint density at radius 3 is 2.36 bits per heavy atom. The summed E-state index contributed by atoms with van der Waals surface area (Å²) in [7, 11) is 0. The molecule has 0 bridgehead atoms. The van der Waals surface area contributed by atoms with E-state index in [9.17, 15) is 0 Å². The van der Waals surface area contributed by atoms with Crippen molar-refractivity contribution in [2.24, 2.45) is 4.99 Å². The third-order valence-corrected chi connectivity index (χ3v) is 10.4. The van der Waals surface area contributed by atoms with Crippen molar-refractivity contribution in [1.82, 2.24) is 14.5 Å². The number of hydrogen-bond donors (Lipinski definition) is 0. The largest absolute Gasteiger partial charge is 0.471 e. The number of fused-ring (bicyclic) bond motifs is 6. The average Bonchev–Trinajstić information content (AvgIpc) is 3.69. The van der Waals surface area contributed by atoms with Crippen LogP contribution in [0.3, 0.4) is 0 Å². The van der Waals surface area contributed by atoms with Gasteiger partial charge in [-0.15, -0.1) is 0 Å². The molecule has 2 aliphatic rings. The van der Waals surface area contributed by atoms with Crippen LogP contribution < -0.4 is 0 Å². The first-order valence-electron chi connectivity index (χ1n) is 16.5. The summed E-state index contributed by atoms with van der Waals surface area (Å²) < 4.78 is 8.76. The molecular weight excluding hydrogens is 597 g/mol. The summed E-state index contributed by atoms with van der Waals surface area (Å²) in [5, 5.41) is 2.49. The molecule has 5 nitrogen and oxygen atoms in total. The summed E-state index contributed by atoms with van der Waals surface area (Å²) >= 11 is 1.77. The molecule has 0 saturated carbocycles. The van der Waals surface area contributed by atoms with Crippen molar-refractivity contribution >= 4 is 39.5 Å². The highest BCUT2D eigenvalue weighted by Gasteiger charge is 2.40. The van der Waals surface area contributed by atoms with Gasteiger partial charge in [0.15, 0.2) is 0 Å². The van der Waals surface area contributed by atoms with Crippen molar-refractivity contribution < 1.29 is 4.74 Å². The summed E-state index contributed by atoms with van der Waals surface area (Å²) in [4.78, 5) is 16.9. The van der Waals surface area contributed by atoms with Gasteiger partial charge in [-0.3, -0.25) is 9.55 Å². The second kappa shape index (κ2) is 10.8. The zero-order valence-electron chi connectivity index (χ0n) is 28.1. The molecule has 8 rings (SSSR count). The first-order chi connectivity index (χ1) is 22.4. The van der Waals surface area contributed by atoms with Crippen LogP contribution in [0.15, 0.2) is 106 Å². The molecule has 0 spiro atoms. The molecule has 3 aromatic carbocycles. The maximum Gasteiger partial charge on any atom is 0.217 e. The lowest BCUT2D eigenvalue weighted by Gasteiger charge is -2.20. The Hall–Kier alpha value is -4.42. The third kappa shape index (κ3) is 5.33. The number of aliphatic imine (C=N–C) groups is 1. The normalized spacial score (nSPS) is 17.6. The quantitative estimate of drug-likeness (QED) is 0.193. The maximum absolute atomic E-state index is 6.43. The van der Waals surface area contributed by atoms with E-state index in [1.165, 1.54) is 43.4 Å². The fourth-order valence-electron chi connectivity index (χ4n) is 6.94. The number of ether oxygens (including phenoxy) is 1. The Bertz CT molecular complexity index is 2230. The van der Waals surface area contributed by atoms with Gasteiger partial charge in [-0.2, -0.15) is 0 Å². The summed E-state index contributed by atoms with van der Waals surface area (Å²) in [5.41, 5.74) is 9.49. The van der Waals surface area contributed by atoms with Crippen LogP contribution in [0.5, 0.6) is 0 Å². The molecule has 0 radical (unpaired) electrons. The number of rotatable bonds is 4. The van der Waals surface area contributed by atoms with Crippen LogP contribution in [0, 0.1) is 6.92 Å². The SMILES string of the molecule is Cc1cc(Sc2ccc3c4cc(C(C)(C)C)ccc4n(-c4cc(C(C)(C)C)ccn4)c3c2)cc(C2=N[C@@H]3c4ncccc4C[C@@H]3O2)c1. The van der Waals surface area contributed by atoms with Gasteiger partial charge in [-0.05, 0) is 101 Å². The van der Waals surface area contributed by atoms with Gasteiger partial charge in [0.1, 0.15) is 18.0 Å². The number of aromatic nitrogens is 3. The fraction of sp³-hybridized carbons (Fsp3) is 0.293. The van der Waals surface area contributed by atoms with E-state index >= 15 is 0 Å².